The topological polar surface area (TPSA) is 81.4 Å². The van der Waals surface area contributed by atoms with E-state index in [0.717, 1.165) is 0 Å². The molecular weight excluding hydrogens is 220 g/mol. The van der Waals surface area contributed by atoms with Gasteiger partial charge in [-0.3, -0.25) is 4.79 Å². The van der Waals surface area contributed by atoms with E-state index < -0.39 is 18.1 Å². The van der Waals surface area contributed by atoms with E-state index in [9.17, 15) is 9.59 Å². The van der Waals surface area contributed by atoms with Crippen molar-refractivity contribution in [3.8, 4) is 12.3 Å². The number of hydrogen-bond donors (Lipinski definition) is 2. The van der Waals surface area contributed by atoms with Crippen LogP contribution in [0.2, 0.25) is 0 Å². The van der Waals surface area contributed by atoms with Crippen LogP contribution in [0.5, 0.6) is 0 Å². The van der Waals surface area contributed by atoms with Gasteiger partial charge in [-0.25, -0.2) is 4.79 Å². The van der Waals surface area contributed by atoms with Crippen molar-refractivity contribution in [3.05, 3.63) is 35.9 Å². The number of rotatable bonds is 4. The third-order valence-electron chi connectivity index (χ3n) is 1.94. The zero-order valence-corrected chi connectivity index (χ0v) is 9.05. The van der Waals surface area contributed by atoms with E-state index in [0.29, 0.717) is 5.56 Å². The predicted octanol–water partition coefficient (Wildman–Crippen LogP) is 0.572. The molecule has 0 radical (unpaired) electrons. The molecule has 0 heterocycles. The highest BCUT2D eigenvalue weighted by Gasteiger charge is 2.23. The highest BCUT2D eigenvalue weighted by molar-refractivity contribution is 5.84. The second-order valence-electron chi connectivity index (χ2n) is 3.15. The summed E-state index contributed by atoms with van der Waals surface area (Å²) in [6.45, 7) is 0.0598. The molecule has 1 aromatic carbocycles. The van der Waals surface area contributed by atoms with Crippen molar-refractivity contribution >= 4 is 12.0 Å². The Kier molecular flexibility index (Phi) is 4.58. The number of carbonyl (C=O) groups excluding carboxylic acids is 2. The average molecular weight is 232 g/mol. The number of primary amides is 1. The van der Waals surface area contributed by atoms with Gasteiger partial charge >= 0.3 is 6.09 Å². The van der Waals surface area contributed by atoms with Crippen LogP contribution in [0, 0.1) is 12.3 Å². The summed E-state index contributed by atoms with van der Waals surface area (Å²) < 4.78 is 4.75. The van der Waals surface area contributed by atoms with Crippen molar-refractivity contribution in [2.75, 3.05) is 6.54 Å². The normalized spacial score (nSPS) is 11.0. The lowest BCUT2D eigenvalue weighted by Crippen LogP contribution is -2.33. The minimum atomic E-state index is -1.08. The predicted molar refractivity (Wildman–Crippen MR) is 61.7 cm³/mol. The summed E-state index contributed by atoms with van der Waals surface area (Å²) in [7, 11) is 0. The fourth-order valence-corrected chi connectivity index (χ4v) is 1.25. The lowest BCUT2D eigenvalue weighted by atomic mass is 10.1. The molecule has 0 bridgehead atoms. The molecule has 1 rings (SSSR count). The number of benzene rings is 1. The SMILES string of the molecule is C#CCNC(=O)[C@H](OC(N)=O)c1ccccc1. The maximum absolute atomic E-state index is 11.7. The highest BCUT2D eigenvalue weighted by Crippen LogP contribution is 2.16. The molecule has 5 heteroatoms. The molecule has 0 saturated heterocycles. The zero-order chi connectivity index (χ0) is 12.7. The van der Waals surface area contributed by atoms with Gasteiger partial charge in [0, 0.05) is 5.56 Å². The Hall–Kier alpha value is -2.48. The first-order valence-electron chi connectivity index (χ1n) is 4.87. The van der Waals surface area contributed by atoms with Crippen molar-refractivity contribution in [1.29, 1.82) is 0 Å². The first-order chi connectivity index (χ1) is 8.15. The molecule has 0 spiro atoms. The number of nitrogens with one attached hydrogen (secondary N) is 1. The van der Waals surface area contributed by atoms with E-state index in [1.807, 2.05) is 0 Å². The molecule has 5 nitrogen and oxygen atoms in total. The van der Waals surface area contributed by atoms with Gasteiger partial charge in [0.25, 0.3) is 5.91 Å². The molecule has 0 aliphatic heterocycles. The quantitative estimate of drug-likeness (QED) is 0.745. The fraction of sp³-hybridized carbons (Fsp3) is 0.167. The molecule has 1 aromatic rings. The van der Waals surface area contributed by atoms with Gasteiger partial charge in [0.15, 0.2) is 0 Å². The second kappa shape index (κ2) is 6.18. The van der Waals surface area contributed by atoms with Crippen LogP contribution >= 0.6 is 0 Å². The van der Waals surface area contributed by atoms with E-state index in [1.54, 1.807) is 30.3 Å². The molecule has 0 aliphatic rings. The number of hydrogen-bond acceptors (Lipinski definition) is 3. The molecule has 0 unspecified atom stereocenters. The molecule has 0 aliphatic carbocycles. The molecule has 0 fully saturated rings. The Morgan fingerprint density at radius 2 is 2.06 bits per heavy atom. The van der Waals surface area contributed by atoms with Crippen LogP contribution in [0.25, 0.3) is 0 Å². The van der Waals surface area contributed by atoms with Gasteiger partial charge < -0.3 is 15.8 Å². The third-order valence-corrected chi connectivity index (χ3v) is 1.94. The average Bonchev–Trinajstić information content (AvgIpc) is 2.34. The summed E-state index contributed by atoms with van der Waals surface area (Å²) in [5, 5.41) is 2.43. The fourth-order valence-electron chi connectivity index (χ4n) is 1.25. The summed E-state index contributed by atoms with van der Waals surface area (Å²) in [6, 6.07) is 8.54. The summed E-state index contributed by atoms with van der Waals surface area (Å²) in [4.78, 5) is 22.4. The van der Waals surface area contributed by atoms with E-state index in [-0.39, 0.29) is 6.54 Å². The highest BCUT2D eigenvalue weighted by atomic mass is 16.6. The van der Waals surface area contributed by atoms with Gasteiger partial charge in [-0.05, 0) is 0 Å². The van der Waals surface area contributed by atoms with Gasteiger partial charge in [-0.15, -0.1) is 6.42 Å². The minimum Gasteiger partial charge on any atom is -0.431 e. The largest absolute Gasteiger partial charge is 0.431 e. The summed E-state index contributed by atoms with van der Waals surface area (Å²) in [5.74, 6) is 1.75. The Morgan fingerprint density at radius 3 is 2.59 bits per heavy atom. The van der Waals surface area contributed by atoms with E-state index in [1.165, 1.54) is 0 Å². The van der Waals surface area contributed by atoms with Gasteiger partial charge in [0.1, 0.15) is 0 Å². The maximum Gasteiger partial charge on any atom is 0.405 e. The zero-order valence-electron chi connectivity index (χ0n) is 9.05. The molecule has 88 valence electrons. The van der Waals surface area contributed by atoms with Crippen LogP contribution in [0.3, 0.4) is 0 Å². The van der Waals surface area contributed by atoms with E-state index >= 15 is 0 Å². The van der Waals surface area contributed by atoms with Crippen LogP contribution in [-0.4, -0.2) is 18.5 Å². The van der Waals surface area contributed by atoms with Crippen molar-refractivity contribution in [1.82, 2.24) is 5.32 Å². The van der Waals surface area contributed by atoms with Crippen LogP contribution in [0.1, 0.15) is 11.7 Å². The van der Waals surface area contributed by atoms with E-state index in [2.05, 4.69) is 11.2 Å². The summed E-state index contributed by atoms with van der Waals surface area (Å²) >= 11 is 0. The molecule has 0 aromatic heterocycles. The monoisotopic (exact) mass is 232 g/mol. The van der Waals surface area contributed by atoms with Gasteiger partial charge in [-0.1, -0.05) is 36.3 Å². The van der Waals surface area contributed by atoms with E-state index in [4.69, 9.17) is 16.9 Å². The lowest BCUT2D eigenvalue weighted by Gasteiger charge is -2.15. The molecule has 1 atom stereocenters. The van der Waals surface area contributed by atoms with Gasteiger partial charge in [0.2, 0.25) is 6.10 Å². The minimum absolute atomic E-state index is 0.0598. The van der Waals surface area contributed by atoms with Gasteiger partial charge in [-0.2, -0.15) is 0 Å². The Morgan fingerprint density at radius 1 is 1.41 bits per heavy atom. The Labute approximate surface area is 98.9 Å². The van der Waals surface area contributed by atoms with Gasteiger partial charge in [0.05, 0.1) is 6.54 Å². The number of ether oxygens (including phenoxy) is 1. The standard InChI is InChI=1S/C12H12N2O3/c1-2-8-14-11(15)10(17-12(13)16)9-6-4-3-5-7-9/h1,3-7,10H,8H2,(H2,13,16)(H,14,15)/t10-/m1/s1. The lowest BCUT2D eigenvalue weighted by molar-refractivity contribution is -0.129. The molecular formula is C12H12N2O3. The van der Waals surface area contributed by atoms with Crippen LogP contribution in [0.4, 0.5) is 4.79 Å². The number of carbonyl (C=O) groups is 2. The number of terminal acetylenes is 1. The number of nitrogens with two attached hydrogens (primary N) is 1. The smallest absolute Gasteiger partial charge is 0.405 e. The second-order valence-corrected chi connectivity index (χ2v) is 3.15. The molecule has 3 N–H and O–H groups in total. The maximum atomic E-state index is 11.7. The first kappa shape index (κ1) is 12.6. The molecule has 0 saturated carbocycles. The van der Waals surface area contributed by atoms with Crippen molar-refractivity contribution in [2.45, 2.75) is 6.10 Å². The van der Waals surface area contributed by atoms with Crippen molar-refractivity contribution in [2.24, 2.45) is 5.73 Å². The Bertz CT molecular complexity index is 437. The van der Waals surface area contributed by atoms with Crippen LogP contribution < -0.4 is 11.1 Å². The number of amides is 2. The molecule has 2 amide bonds. The summed E-state index contributed by atoms with van der Waals surface area (Å²) in [6.07, 6.45) is 2.92. The summed E-state index contributed by atoms with van der Waals surface area (Å²) in [5.41, 5.74) is 5.44. The van der Waals surface area contributed by atoms with Crippen molar-refractivity contribution in [3.63, 3.8) is 0 Å². The third kappa shape index (κ3) is 3.87. The van der Waals surface area contributed by atoms with Crippen LogP contribution in [0.15, 0.2) is 30.3 Å². The molecule has 17 heavy (non-hydrogen) atoms. The first-order valence-corrected chi connectivity index (χ1v) is 4.87. The van der Waals surface area contributed by atoms with Crippen LogP contribution in [-0.2, 0) is 9.53 Å². The Balaban J connectivity index is 2.85. The van der Waals surface area contributed by atoms with Crippen molar-refractivity contribution < 1.29 is 14.3 Å².